The van der Waals surface area contributed by atoms with Gasteiger partial charge in [-0.1, -0.05) is 6.08 Å². The number of esters is 1. The molecule has 8 heteroatoms. The number of thioether (sulfide) groups is 1. The molecule has 2 heterocycles. The van der Waals surface area contributed by atoms with E-state index >= 15 is 0 Å². The van der Waals surface area contributed by atoms with Crippen LogP contribution in [0.1, 0.15) is 31.7 Å². The second-order valence-electron chi connectivity index (χ2n) is 5.68. The van der Waals surface area contributed by atoms with Crippen LogP contribution in [-0.2, 0) is 9.53 Å². The van der Waals surface area contributed by atoms with Crippen LogP contribution in [0.5, 0.6) is 0 Å². The van der Waals surface area contributed by atoms with E-state index in [0.29, 0.717) is 24.8 Å². The molecule has 7 nitrogen and oxygen atoms in total. The molecule has 0 radical (unpaired) electrons. The third-order valence-corrected chi connectivity index (χ3v) is 4.85. The van der Waals surface area contributed by atoms with Crippen molar-refractivity contribution in [2.45, 2.75) is 31.2 Å². The zero-order valence-electron chi connectivity index (χ0n) is 14.3. The molecule has 0 spiro atoms. The van der Waals surface area contributed by atoms with Crippen molar-refractivity contribution < 1.29 is 9.53 Å². The predicted molar refractivity (Wildman–Crippen MR) is 97.3 cm³/mol. The van der Waals surface area contributed by atoms with Crippen molar-refractivity contribution in [3.8, 4) is 5.95 Å². The number of carbonyl (C=O) groups is 1. The third kappa shape index (κ3) is 3.53. The molecule has 1 aliphatic carbocycles. The zero-order valence-corrected chi connectivity index (χ0v) is 15.1. The van der Waals surface area contributed by atoms with Gasteiger partial charge in [-0.05, 0) is 44.1 Å². The van der Waals surface area contributed by atoms with Gasteiger partial charge in [0.25, 0.3) is 5.95 Å². The van der Waals surface area contributed by atoms with E-state index in [1.807, 2.05) is 13.2 Å². The summed E-state index contributed by atoms with van der Waals surface area (Å²) in [6.45, 7) is 2.24. The molecule has 3 rings (SSSR count). The molecule has 0 amide bonds. The Hall–Kier alpha value is -2.35. The summed E-state index contributed by atoms with van der Waals surface area (Å²) in [6, 6.07) is 1.75. The van der Waals surface area contributed by atoms with Crippen LogP contribution in [-0.4, -0.2) is 38.6 Å². The summed E-state index contributed by atoms with van der Waals surface area (Å²) in [5.41, 5.74) is 8.39. The lowest BCUT2D eigenvalue weighted by atomic mass is 9.87. The first-order chi connectivity index (χ1) is 12.2. The second kappa shape index (κ2) is 7.69. The maximum atomic E-state index is 11.9. The number of nitrogens with zero attached hydrogens (tertiary/aromatic N) is 4. The minimum Gasteiger partial charge on any atom is -0.466 e. The van der Waals surface area contributed by atoms with Crippen molar-refractivity contribution in [1.29, 1.82) is 0 Å². The lowest BCUT2D eigenvalue weighted by Crippen LogP contribution is -2.19. The summed E-state index contributed by atoms with van der Waals surface area (Å²) < 4.78 is 6.69. The SMILES string of the molecule is CCOC(=O)C1CC=C(c2c(SC)nn(-c3ncccn3)c2N)CC1. The molecule has 2 N–H and O–H groups in total. The highest BCUT2D eigenvalue weighted by molar-refractivity contribution is 7.98. The molecule has 1 unspecified atom stereocenters. The molecule has 0 aromatic carbocycles. The van der Waals surface area contributed by atoms with Gasteiger partial charge in [0.15, 0.2) is 0 Å². The number of nitrogen functional groups attached to an aromatic ring is 1. The Labute approximate surface area is 150 Å². The van der Waals surface area contributed by atoms with Gasteiger partial charge in [-0.25, -0.2) is 9.97 Å². The zero-order chi connectivity index (χ0) is 17.8. The van der Waals surface area contributed by atoms with E-state index in [4.69, 9.17) is 10.5 Å². The van der Waals surface area contributed by atoms with Crippen LogP contribution < -0.4 is 5.73 Å². The fraction of sp³-hybridized carbons (Fsp3) is 0.412. The Morgan fingerprint density at radius 3 is 2.80 bits per heavy atom. The maximum absolute atomic E-state index is 11.9. The first kappa shape index (κ1) is 17.5. The minimum absolute atomic E-state index is 0.0739. The Bertz CT molecular complexity index is 788. The van der Waals surface area contributed by atoms with Gasteiger partial charge in [0.1, 0.15) is 10.8 Å². The summed E-state index contributed by atoms with van der Waals surface area (Å²) >= 11 is 1.53. The van der Waals surface area contributed by atoms with E-state index < -0.39 is 0 Å². The van der Waals surface area contributed by atoms with Crippen LogP contribution in [0.25, 0.3) is 11.5 Å². The lowest BCUT2D eigenvalue weighted by Gasteiger charge is -2.20. The quantitative estimate of drug-likeness (QED) is 0.647. The summed E-state index contributed by atoms with van der Waals surface area (Å²) in [4.78, 5) is 20.3. The summed E-state index contributed by atoms with van der Waals surface area (Å²) in [7, 11) is 0. The average molecular weight is 359 g/mol. The number of anilines is 1. The van der Waals surface area contributed by atoms with Gasteiger partial charge < -0.3 is 10.5 Å². The summed E-state index contributed by atoms with van der Waals surface area (Å²) in [5, 5.41) is 5.39. The smallest absolute Gasteiger partial charge is 0.309 e. The Morgan fingerprint density at radius 1 is 1.44 bits per heavy atom. The van der Waals surface area contributed by atoms with Crippen LogP contribution in [0.4, 0.5) is 5.82 Å². The van der Waals surface area contributed by atoms with Crippen LogP contribution in [0, 0.1) is 5.92 Å². The number of rotatable bonds is 5. The number of carbonyl (C=O) groups excluding carboxylic acids is 1. The highest BCUT2D eigenvalue weighted by Crippen LogP contribution is 2.38. The van der Waals surface area contributed by atoms with Gasteiger partial charge in [-0.15, -0.1) is 11.8 Å². The molecule has 1 aliphatic rings. The van der Waals surface area contributed by atoms with Gasteiger partial charge in [-0.2, -0.15) is 9.78 Å². The normalized spacial score (nSPS) is 17.2. The molecule has 0 saturated heterocycles. The standard InChI is InChI=1S/C17H21N5O2S/c1-3-24-16(23)12-7-5-11(6-8-12)13-14(18)22(21-15(13)25-2)17-19-9-4-10-20-17/h4-5,9-10,12H,3,6-8,18H2,1-2H3. The summed E-state index contributed by atoms with van der Waals surface area (Å²) in [6.07, 6.45) is 9.54. The maximum Gasteiger partial charge on any atom is 0.309 e. The minimum atomic E-state index is -0.121. The van der Waals surface area contributed by atoms with E-state index in [1.165, 1.54) is 11.8 Å². The molecule has 2 aromatic heterocycles. The van der Waals surface area contributed by atoms with E-state index in [2.05, 4.69) is 21.1 Å². The summed E-state index contributed by atoms with van der Waals surface area (Å²) in [5.74, 6) is 0.776. The van der Waals surface area contributed by atoms with Crippen molar-refractivity contribution in [1.82, 2.24) is 19.7 Å². The van der Waals surface area contributed by atoms with Crippen molar-refractivity contribution >= 4 is 29.1 Å². The van der Waals surface area contributed by atoms with E-state index in [1.54, 1.807) is 23.1 Å². The van der Waals surface area contributed by atoms with Gasteiger partial charge >= 0.3 is 5.97 Å². The number of allylic oxidation sites excluding steroid dienone is 2. The monoisotopic (exact) mass is 359 g/mol. The fourth-order valence-electron chi connectivity index (χ4n) is 2.94. The third-order valence-electron chi connectivity index (χ3n) is 4.18. The largest absolute Gasteiger partial charge is 0.466 e. The van der Waals surface area contributed by atoms with Crippen molar-refractivity contribution in [2.24, 2.45) is 5.92 Å². The number of aromatic nitrogens is 4. The van der Waals surface area contributed by atoms with Gasteiger partial charge in [0, 0.05) is 12.4 Å². The molecular weight excluding hydrogens is 338 g/mol. The first-order valence-corrected chi connectivity index (χ1v) is 9.44. The van der Waals surface area contributed by atoms with Crippen molar-refractivity contribution in [2.75, 3.05) is 18.6 Å². The number of nitrogens with two attached hydrogens (primary N) is 1. The molecule has 2 aromatic rings. The average Bonchev–Trinajstić information content (AvgIpc) is 2.99. The lowest BCUT2D eigenvalue weighted by molar-refractivity contribution is -0.148. The molecule has 132 valence electrons. The molecule has 0 saturated carbocycles. The van der Waals surface area contributed by atoms with E-state index in [9.17, 15) is 4.79 Å². The molecule has 0 aliphatic heterocycles. The van der Waals surface area contributed by atoms with Gasteiger partial charge in [0.2, 0.25) is 0 Å². The Morgan fingerprint density at radius 2 is 2.20 bits per heavy atom. The van der Waals surface area contributed by atoms with Crippen molar-refractivity contribution in [3.63, 3.8) is 0 Å². The van der Waals surface area contributed by atoms with Gasteiger partial charge in [0.05, 0.1) is 18.1 Å². The molecule has 0 fully saturated rings. The fourth-order valence-corrected chi connectivity index (χ4v) is 3.55. The highest BCUT2D eigenvalue weighted by atomic mass is 32.2. The van der Waals surface area contributed by atoms with Crippen LogP contribution in [0.2, 0.25) is 0 Å². The predicted octanol–water partition coefficient (Wildman–Crippen LogP) is 2.71. The van der Waals surface area contributed by atoms with E-state index in [0.717, 1.165) is 29.0 Å². The number of hydrogen-bond acceptors (Lipinski definition) is 7. The van der Waals surface area contributed by atoms with Crippen LogP contribution in [0.15, 0.2) is 29.6 Å². The molecule has 25 heavy (non-hydrogen) atoms. The Kier molecular flexibility index (Phi) is 5.37. The molecular formula is C17H21N5O2S. The van der Waals surface area contributed by atoms with Crippen molar-refractivity contribution in [3.05, 3.63) is 30.1 Å². The molecule has 1 atom stereocenters. The topological polar surface area (TPSA) is 95.9 Å². The number of hydrogen-bond donors (Lipinski definition) is 1. The number of ether oxygens (including phenoxy) is 1. The van der Waals surface area contributed by atoms with E-state index in [-0.39, 0.29) is 11.9 Å². The second-order valence-corrected chi connectivity index (χ2v) is 6.48. The molecule has 0 bridgehead atoms. The first-order valence-electron chi connectivity index (χ1n) is 8.21. The van der Waals surface area contributed by atoms with Gasteiger partial charge in [-0.3, -0.25) is 4.79 Å². The van der Waals surface area contributed by atoms with Crippen LogP contribution in [0.3, 0.4) is 0 Å². The van der Waals surface area contributed by atoms with Crippen LogP contribution >= 0.6 is 11.8 Å². The Balaban J connectivity index is 1.90. The highest BCUT2D eigenvalue weighted by Gasteiger charge is 2.27.